The Balaban J connectivity index is 1.62. The van der Waals surface area contributed by atoms with Crippen molar-refractivity contribution in [2.75, 3.05) is 0 Å². The molecule has 26 heavy (non-hydrogen) atoms. The van der Waals surface area contributed by atoms with Crippen LogP contribution in [0.3, 0.4) is 0 Å². The first-order chi connectivity index (χ1) is 12.3. The van der Waals surface area contributed by atoms with Gasteiger partial charge in [0.1, 0.15) is 17.2 Å². The van der Waals surface area contributed by atoms with Crippen LogP contribution in [-0.4, -0.2) is 16.1 Å². The molecule has 1 aromatic carbocycles. The molecule has 0 aliphatic heterocycles. The number of aromatic nitrogens is 2. The normalized spacial score (nSPS) is 11.4. The zero-order valence-corrected chi connectivity index (χ0v) is 13.0. The number of carbonyl (C=O) groups excluding carboxylic acids is 1. The number of rotatable bonds is 4. The molecule has 5 nitrogen and oxygen atoms in total. The van der Waals surface area contributed by atoms with Crippen LogP contribution in [0.5, 0.6) is 0 Å². The maximum atomic E-state index is 12.9. The monoisotopic (exact) mass is 366 g/mol. The highest BCUT2D eigenvalue weighted by Gasteiger charge is 2.32. The van der Waals surface area contributed by atoms with Gasteiger partial charge in [-0.1, -0.05) is 5.16 Å². The van der Waals surface area contributed by atoms with Crippen LogP contribution in [0, 0.1) is 5.82 Å². The number of pyridine rings is 1. The Kier molecular flexibility index (Phi) is 4.70. The third-order valence-electron chi connectivity index (χ3n) is 3.33. The van der Waals surface area contributed by atoms with Crippen molar-refractivity contribution in [1.82, 2.24) is 10.1 Å². The van der Waals surface area contributed by atoms with E-state index in [1.165, 1.54) is 30.3 Å². The number of benzene rings is 1. The van der Waals surface area contributed by atoms with Crippen LogP contribution >= 0.6 is 0 Å². The van der Waals surface area contributed by atoms with E-state index in [2.05, 4.69) is 10.1 Å². The Morgan fingerprint density at radius 2 is 1.85 bits per heavy atom. The van der Waals surface area contributed by atoms with Crippen LogP contribution in [0.25, 0.3) is 11.3 Å². The predicted octanol–water partition coefficient (Wildman–Crippen LogP) is 4.25. The molecule has 0 bridgehead atoms. The molecule has 9 heteroatoms. The van der Waals surface area contributed by atoms with Crippen LogP contribution < -0.4 is 0 Å². The van der Waals surface area contributed by atoms with E-state index in [1.807, 2.05) is 0 Å². The van der Waals surface area contributed by atoms with Crippen molar-refractivity contribution in [3.05, 3.63) is 71.5 Å². The maximum Gasteiger partial charge on any atom is 0.433 e. The fourth-order valence-corrected chi connectivity index (χ4v) is 2.04. The van der Waals surface area contributed by atoms with E-state index >= 15 is 0 Å². The van der Waals surface area contributed by atoms with E-state index in [0.29, 0.717) is 17.3 Å². The van der Waals surface area contributed by atoms with Gasteiger partial charge in [-0.25, -0.2) is 9.18 Å². The number of halogens is 4. The molecule has 3 aromatic rings. The number of nitrogens with zero attached hydrogens (tertiary/aromatic N) is 2. The van der Waals surface area contributed by atoms with Gasteiger partial charge >= 0.3 is 12.1 Å². The Hall–Kier alpha value is -3.23. The zero-order chi connectivity index (χ0) is 18.7. The summed E-state index contributed by atoms with van der Waals surface area (Å²) in [5.74, 6) is -1.03. The van der Waals surface area contributed by atoms with Crippen molar-refractivity contribution in [1.29, 1.82) is 0 Å². The SMILES string of the molecule is O=C(OCc1cc(-c2ccc(F)cc2)no1)c1ccc(C(F)(F)F)nc1. The van der Waals surface area contributed by atoms with E-state index in [-0.39, 0.29) is 17.9 Å². The van der Waals surface area contributed by atoms with Crippen molar-refractivity contribution >= 4 is 5.97 Å². The van der Waals surface area contributed by atoms with E-state index < -0.39 is 23.7 Å². The molecule has 134 valence electrons. The minimum atomic E-state index is -4.58. The summed E-state index contributed by atoms with van der Waals surface area (Å²) in [6.07, 6.45) is -3.80. The summed E-state index contributed by atoms with van der Waals surface area (Å²) in [6, 6.07) is 8.72. The lowest BCUT2D eigenvalue weighted by Gasteiger charge is -2.06. The van der Waals surface area contributed by atoms with Gasteiger partial charge in [0.15, 0.2) is 12.4 Å². The molecule has 0 aliphatic rings. The smallest absolute Gasteiger partial charge is 0.433 e. The highest BCUT2D eigenvalue weighted by Crippen LogP contribution is 2.27. The van der Waals surface area contributed by atoms with E-state index in [9.17, 15) is 22.4 Å². The van der Waals surface area contributed by atoms with Crippen LogP contribution in [0.1, 0.15) is 21.8 Å². The second kappa shape index (κ2) is 6.95. The number of esters is 1. The zero-order valence-electron chi connectivity index (χ0n) is 13.0. The minimum Gasteiger partial charge on any atom is -0.454 e. The third-order valence-corrected chi connectivity index (χ3v) is 3.33. The standard InChI is InChI=1S/C17H10F4N2O3/c18-12-4-1-10(2-5-12)14-7-13(26-23-14)9-25-16(24)11-3-6-15(22-8-11)17(19,20)21/h1-8H,9H2. The molecule has 0 saturated carbocycles. The lowest BCUT2D eigenvalue weighted by atomic mass is 10.1. The third kappa shape index (κ3) is 4.05. The Labute approximate surface area is 144 Å². The van der Waals surface area contributed by atoms with Crippen molar-refractivity contribution in [2.45, 2.75) is 12.8 Å². The molecular weight excluding hydrogens is 356 g/mol. The minimum absolute atomic E-state index is 0.128. The molecule has 2 aromatic heterocycles. The van der Waals surface area contributed by atoms with Gasteiger partial charge in [0.25, 0.3) is 0 Å². The molecule has 0 amide bonds. The summed E-state index contributed by atoms with van der Waals surface area (Å²) in [4.78, 5) is 15.0. The number of alkyl halides is 3. The largest absolute Gasteiger partial charge is 0.454 e. The second-order valence-electron chi connectivity index (χ2n) is 5.19. The predicted molar refractivity (Wildman–Crippen MR) is 80.3 cm³/mol. The van der Waals surface area contributed by atoms with E-state index in [1.54, 1.807) is 0 Å². The molecular formula is C17H10F4N2O3. The van der Waals surface area contributed by atoms with Crippen LogP contribution in [0.4, 0.5) is 17.6 Å². The summed E-state index contributed by atoms with van der Waals surface area (Å²) in [6.45, 7) is -0.270. The average molecular weight is 366 g/mol. The van der Waals surface area contributed by atoms with Gasteiger partial charge in [-0.15, -0.1) is 0 Å². The fraction of sp³-hybridized carbons (Fsp3) is 0.118. The first-order valence-electron chi connectivity index (χ1n) is 7.25. The lowest BCUT2D eigenvalue weighted by Crippen LogP contribution is -2.10. The molecule has 0 aliphatic carbocycles. The van der Waals surface area contributed by atoms with Gasteiger partial charge in [0.05, 0.1) is 5.56 Å². The summed E-state index contributed by atoms with van der Waals surface area (Å²) < 4.78 is 60.2. The van der Waals surface area contributed by atoms with Crippen LogP contribution in [-0.2, 0) is 17.5 Å². The van der Waals surface area contributed by atoms with E-state index in [0.717, 1.165) is 12.3 Å². The molecule has 0 saturated heterocycles. The van der Waals surface area contributed by atoms with Crippen molar-refractivity contribution in [3.63, 3.8) is 0 Å². The molecule has 0 fully saturated rings. The molecule has 0 atom stereocenters. The number of ether oxygens (including phenoxy) is 1. The first-order valence-corrected chi connectivity index (χ1v) is 7.25. The van der Waals surface area contributed by atoms with Gasteiger partial charge in [-0.3, -0.25) is 4.98 Å². The highest BCUT2D eigenvalue weighted by molar-refractivity contribution is 5.88. The second-order valence-corrected chi connectivity index (χ2v) is 5.19. The van der Waals surface area contributed by atoms with Crippen molar-refractivity contribution < 1.29 is 31.6 Å². The average Bonchev–Trinajstić information content (AvgIpc) is 3.08. The molecule has 0 spiro atoms. The number of hydrogen-bond acceptors (Lipinski definition) is 5. The van der Waals surface area contributed by atoms with Crippen molar-refractivity contribution in [2.24, 2.45) is 0 Å². The number of hydrogen-bond donors (Lipinski definition) is 0. The molecule has 3 rings (SSSR count). The summed E-state index contributed by atoms with van der Waals surface area (Å²) in [7, 11) is 0. The van der Waals surface area contributed by atoms with Gasteiger partial charge in [-0.05, 0) is 36.4 Å². The Morgan fingerprint density at radius 1 is 1.12 bits per heavy atom. The first kappa shape index (κ1) is 17.6. The highest BCUT2D eigenvalue weighted by atomic mass is 19.4. The van der Waals surface area contributed by atoms with Crippen LogP contribution in [0.15, 0.2) is 53.2 Å². The van der Waals surface area contributed by atoms with Gasteiger partial charge in [0.2, 0.25) is 0 Å². The molecule has 2 heterocycles. The summed E-state index contributed by atoms with van der Waals surface area (Å²) in [5.41, 5.74) is -0.198. The van der Waals surface area contributed by atoms with Crippen LogP contribution in [0.2, 0.25) is 0 Å². The summed E-state index contributed by atoms with van der Waals surface area (Å²) in [5, 5.41) is 3.78. The van der Waals surface area contributed by atoms with Crippen molar-refractivity contribution in [3.8, 4) is 11.3 Å². The summed E-state index contributed by atoms with van der Waals surface area (Å²) >= 11 is 0. The quantitative estimate of drug-likeness (QED) is 0.510. The van der Waals surface area contributed by atoms with Gasteiger partial charge in [-0.2, -0.15) is 13.2 Å². The fourth-order valence-electron chi connectivity index (χ4n) is 2.04. The molecule has 0 unspecified atom stereocenters. The van der Waals surface area contributed by atoms with Gasteiger partial charge < -0.3 is 9.26 Å². The Bertz CT molecular complexity index is 903. The molecule has 0 N–H and O–H groups in total. The van der Waals surface area contributed by atoms with E-state index in [4.69, 9.17) is 9.26 Å². The topological polar surface area (TPSA) is 65.2 Å². The number of carbonyl (C=O) groups is 1. The molecule has 0 radical (unpaired) electrons. The maximum absolute atomic E-state index is 12.9. The Morgan fingerprint density at radius 3 is 2.46 bits per heavy atom. The van der Waals surface area contributed by atoms with Gasteiger partial charge in [0, 0.05) is 17.8 Å². The lowest BCUT2D eigenvalue weighted by molar-refractivity contribution is -0.141.